The molecule has 5 nitrogen and oxygen atoms in total. The molecule has 13 heavy (non-hydrogen) atoms. The maximum atomic E-state index is 11.0. The molecule has 1 aromatic heterocycles. The standard InChI is InChI=1S/C8H14N4O/c1-3-9-8(13)11-6-7-10-4-5-12(7)2/h4-5H,3,6H2,1-2H3,(H2,9,11,13). The van der Waals surface area contributed by atoms with Gasteiger partial charge in [-0.3, -0.25) is 0 Å². The number of nitrogens with one attached hydrogen (secondary N) is 2. The molecule has 5 heteroatoms. The van der Waals surface area contributed by atoms with Gasteiger partial charge < -0.3 is 15.2 Å². The van der Waals surface area contributed by atoms with E-state index in [1.165, 1.54) is 0 Å². The van der Waals surface area contributed by atoms with Gasteiger partial charge in [-0.2, -0.15) is 0 Å². The molecule has 0 fully saturated rings. The molecule has 0 radical (unpaired) electrons. The molecule has 1 aromatic rings. The molecule has 1 heterocycles. The Morgan fingerprint density at radius 1 is 1.62 bits per heavy atom. The lowest BCUT2D eigenvalue weighted by Gasteiger charge is -2.05. The Kier molecular flexibility index (Phi) is 3.31. The maximum absolute atomic E-state index is 11.0. The van der Waals surface area contributed by atoms with Crippen LogP contribution in [0, 0.1) is 0 Å². The van der Waals surface area contributed by atoms with Crippen molar-refractivity contribution < 1.29 is 4.79 Å². The van der Waals surface area contributed by atoms with E-state index in [4.69, 9.17) is 0 Å². The second-order valence-electron chi connectivity index (χ2n) is 2.67. The van der Waals surface area contributed by atoms with Gasteiger partial charge in [0.25, 0.3) is 0 Å². The summed E-state index contributed by atoms with van der Waals surface area (Å²) in [5.74, 6) is 0.839. The van der Waals surface area contributed by atoms with Crippen molar-refractivity contribution in [3.63, 3.8) is 0 Å². The zero-order valence-electron chi connectivity index (χ0n) is 7.87. The zero-order valence-corrected chi connectivity index (χ0v) is 7.87. The van der Waals surface area contributed by atoms with Gasteiger partial charge in [0.05, 0.1) is 6.54 Å². The molecule has 2 N–H and O–H groups in total. The van der Waals surface area contributed by atoms with Crippen molar-refractivity contribution in [3.05, 3.63) is 18.2 Å². The summed E-state index contributed by atoms with van der Waals surface area (Å²) in [6.07, 6.45) is 3.55. The number of urea groups is 1. The quantitative estimate of drug-likeness (QED) is 0.703. The summed E-state index contributed by atoms with van der Waals surface area (Å²) in [4.78, 5) is 15.1. The number of carbonyl (C=O) groups excluding carboxylic acids is 1. The highest BCUT2D eigenvalue weighted by Gasteiger charge is 2.01. The van der Waals surface area contributed by atoms with Crippen LogP contribution >= 0.6 is 0 Å². The molecule has 0 saturated carbocycles. The third-order valence-corrected chi connectivity index (χ3v) is 1.67. The molecule has 2 amide bonds. The van der Waals surface area contributed by atoms with Gasteiger partial charge in [-0.05, 0) is 6.92 Å². The Hall–Kier alpha value is -1.52. The monoisotopic (exact) mass is 182 g/mol. The Bertz CT molecular complexity index is 281. The molecule has 0 atom stereocenters. The van der Waals surface area contributed by atoms with Crippen molar-refractivity contribution in [2.45, 2.75) is 13.5 Å². The van der Waals surface area contributed by atoms with Crippen molar-refractivity contribution in [2.24, 2.45) is 7.05 Å². The van der Waals surface area contributed by atoms with Gasteiger partial charge in [0.2, 0.25) is 0 Å². The minimum atomic E-state index is -0.162. The van der Waals surface area contributed by atoms with Crippen LogP contribution in [0.3, 0.4) is 0 Å². The smallest absolute Gasteiger partial charge is 0.315 e. The summed E-state index contributed by atoms with van der Waals surface area (Å²) in [5, 5.41) is 5.33. The number of aromatic nitrogens is 2. The first-order valence-corrected chi connectivity index (χ1v) is 4.22. The minimum Gasteiger partial charge on any atom is -0.338 e. The van der Waals surface area contributed by atoms with Crippen molar-refractivity contribution in [2.75, 3.05) is 6.54 Å². The first-order chi connectivity index (χ1) is 6.24. The van der Waals surface area contributed by atoms with E-state index < -0.39 is 0 Å². The number of imidazole rings is 1. The van der Waals surface area contributed by atoms with Gasteiger partial charge in [-0.25, -0.2) is 9.78 Å². The first kappa shape index (κ1) is 9.57. The number of aryl methyl sites for hydroxylation is 1. The SMILES string of the molecule is CCNC(=O)NCc1nccn1C. The molecular formula is C8H14N4O. The fourth-order valence-electron chi connectivity index (χ4n) is 0.949. The van der Waals surface area contributed by atoms with Gasteiger partial charge in [0.1, 0.15) is 5.82 Å². The van der Waals surface area contributed by atoms with E-state index in [0.717, 1.165) is 5.82 Å². The van der Waals surface area contributed by atoms with Crippen LogP contribution in [0.25, 0.3) is 0 Å². The highest BCUT2D eigenvalue weighted by atomic mass is 16.2. The summed E-state index contributed by atoms with van der Waals surface area (Å²) in [5.41, 5.74) is 0. The van der Waals surface area contributed by atoms with Crippen LogP contribution in [0.15, 0.2) is 12.4 Å². The third-order valence-electron chi connectivity index (χ3n) is 1.67. The topological polar surface area (TPSA) is 59.0 Å². The Balaban J connectivity index is 2.35. The fourth-order valence-corrected chi connectivity index (χ4v) is 0.949. The van der Waals surface area contributed by atoms with Gasteiger partial charge in [-0.15, -0.1) is 0 Å². The van der Waals surface area contributed by atoms with E-state index >= 15 is 0 Å². The van der Waals surface area contributed by atoms with Gasteiger partial charge in [-0.1, -0.05) is 0 Å². The molecule has 0 aliphatic carbocycles. The Morgan fingerprint density at radius 3 is 2.92 bits per heavy atom. The molecule has 0 spiro atoms. The molecule has 0 aromatic carbocycles. The molecule has 0 saturated heterocycles. The molecule has 0 aliphatic rings. The second-order valence-corrected chi connectivity index (χ2v) is 2.67. The molecule has 0 aliphatic heterocycles. The number of rotatable bonds is 3. The number of nitrogens with zero attached hydrogens (tertiary/aromatic N) is 2. The van der Waals surface area contributed by atoms with Crippen molar-refractivity contribution in [1.29, 1.82) is 0 Å². The maximum Gasteiger partial charge on any atom is 0.315 e. The Morgan fingerprint density at radius 2 is 2.38 bits per heavy atom. The van der Waals surface area contributed by atoms with Crippen LogP contribution in [-0.4, -0.2) is 22.1 Å². The lowest BCUT2D eigenvalue weighted by atomic mass is 10.6. The molecule has 1 rings (SSSR count). The normalized spacial score (nSPS) is 9.69. The van der Waals surface area contributed by atoms with Crippen LogP contribution in [0.2, 0.25) is 0 Å². The molecule has 0 unspecified atom stereocenters. The lowest BCUT2D eigenvalue weighted by Crippen LogP contribution is -2.35. The number of amides is 2. The van der Waals surface area contributed by atoms with Crippen LogP contribution in [-0.2, 0) is 13.6 Å². The van der Waals surface area contributed by atoms with E-state index in [9.17, 15) is 4.79 Å². The summed E-state index contributed by atoms with van der Waals surface area (Å²) < 4.78 is 1.87. The minimum absolute atomic E-state index is 0.162. The average Bonchev–Trinajstić information content (AvgIpc) is 2.48. The third kappa shape index (κ3) is 2.77. The number of hydrogen-bond donors (Lipinski definition) is 2. The number of hydrogen-bond acceptors (Lipinski definition) is 2. The largest absolute Gasteiger partial charge is 0.338 e. The Labute approximate surface area is 77.2 Å². The summed E-state index contributed by atoms with van der Waals surface area (Å²) in [6, 6.07) is -0.162. The fraction of sp³-hybridized carbons (Fsp3) is 0.500. The lowest BCUT2D eigenvalue weighted by molar-refractivity contribution is 0.240. The van der Waals surface area contributed by atoms with E-state index in [0.29, 0.717) is 13.1 Å². The number of carbonyl (C=O) groups is 1. The second kappa shape index (κ2) is 4.49. The highest BCUT2D eigenvalue weighted by molar-refractivity contribution is 5.73. The van der Waals surface area contributed by atoms with E-state index in [1.807, 2.05) is 24.7 Å². The van der Waals surface area contributed by atoms with Gasteiger partial charge in [0, 0.05) is 26.0 Å². The highest BCUT2D eigenvalue weighted by Crippen LogP contribution is 1.92. The van der Waals surface area contributed by atoms with E-state index in [-0.39, 0.29) is 6.03 Å². The van der Waals surface area contributed by atoms with Crippen molar-refractivity contribution >= 4 is 6.03 Å². The van der Waals surface area contributed by atoms with Gasteiger partial charge >= 0.3 is 6.03 Å². The molecule has 72 valence electrons. The van der Waals surface area contributed by atoms with Crippen LogP contribution in [0.4, 0.5) is 4.79 Å². The van der Waals surface area contributed by atoms with Gasteiger partial charge in [0.15, 0.2) is 0 Å². The predicted molar refractivity (Wildman–Crippen MR) is 49.1 cm³/mol. The first-order valence-electron chi connectivity index (χ1n) is 4.22. The predicted octanol–water partition coefficient (Wildman–Crippen LogP) is 0.239. The summed E-state index contributed by atoms with van der Waals surface area (Å²) in [7, 11) is 1.89. The summed E-state index contributed by atoms with van der Waals surface area (Å²) in [6.45, 7) is 2.96. The molecular weight excluding hydrogens is 168 g/mol. The zero-order chi connectivity index (χ0) is 9.68. The van der Waals surface area contributed by atoms with Crippen molar-refractivity contribution in [3.8, 4) is 0 Å². The molecule has 0 bridgehead atoms. The van der Waals surface area contributed by atoms with Crippen LogP contribution in [0.1, 0.15) is 12.7 Å². The van der Waals surface area contributed by atoms with E-state index in [1.54, 1.807) is 6.20 Å². The summed E-state index contributed by atoms with van der Waals surface area (Å²) >= 11 is 0. The van der Waals surface area contributed by atoms with Crippen LogP contribution < -0.4 is 10.6 Å². The van der Waals surface area contributed by atoms with Crippen LogP contribution in [0.5, 0.6) is 0 Å². The van der Waals surface area contributed by atoms with E-state index in [2.05, 4.69) is 15.6 Å². The van der Waals surface area contributed by atoms with Crippen molar-refractivity contribution in [1.82, 2.24) is 20.2 Å². The average molecular weight is 182 g/mol.